The van der Waals surface area contributed by atoms with Gasteiger partial charge in [0, 0.05) is 31.1 Å². The van der Waals surface area contributed by atoms with Gasteiger partial charge in [0.25, 0.3) is 0 Å². The van der Waals surface area contributed by atoms with Gasteiger partial charge in [-0.15, -0.1) is 0 Å². The van der Waals surface area contributed by atoms with Crippen molar-refractivity contribution in [3.05, 3.63) is 34.9 Å². The Balaban J connectivity index is 1.57. The summed E-state index contributed by atoms with van der Waals surface area (Å²) in [4.78, 5) is 14.6. The van der Waals surface area contributed by atoms with E-state index in [-0.39, 0.29) is 5.78 Å². The van der Waals surface area contributed by atoms with Crippen LogP contribution >= 0.6 is 11.6 Å². The lowest BCUT2D eigenvalue weighted by molar-refractivity contribution is 0.0955. The molecule has 1 saturated heterocycles. The molecule has 2 fully saturated rings. The molecule has 1 aliphatic carbocycles. The van der Waals surface area contributed by atoms with Gasteiger partial charge in [-0.3, -0.25) is 9.69 Å². The van der Waals surface area contributed by atoms with Crippen LogP contribution in [0, 0.1) is 5.92 Å². The molecule has 2 atom stereocenters. The van der Waals surface area contributed by atoms with Crippen molar-refractivity contribution in [2.24, 2.45) is 5.92 Å². The molecule has 1 aromatic rings. The van der Waals surface area contributed by atoms with E-state index >= 15 is 0 Å². The van der Waals surface area contributed by atoms with Crippen LogP contribution in [-0.2, 0) is 0 Å². The van der Waals surface area contributed by atoms with E-state index in [4.69, 9.17) is 11.6 Å². The number of rotatable bonds is 4. The number of likely N-dealkylation sites (tertiary alicyclic amines) is 1. The molecule has 1 aromatic carbocycles. The number of hydrogen-bond acceptors (Lipinski definition) is 2. The predicted molar refractivity (Wildman–Crippen MR) is 73.1 cm³/mol. The second-order valence-corrected chi connectivity index (χ2v) is 5.89. The topological polar surface area (TPSA) is 20.3 Å². The van der Waals surface area contributed by atoms with Crippen molar-refractivity contribution in [1.82, 2.24) is 4.90 Å². The summed E-state index contributed by atoms with van der Waals surface area (Å²) in [5, 5.41) is 0.574. The summed E-state index contributed by atoms with van der Waals surface area (Å²) in [7, 11) is 0. The van der Waals surface area contributed by atoms with E-state index < -0.39 is 0 Å². The molecule has 0 aromatic heterocycles. The van der Waals surface area contributed by atoms with E-state index in [1.807, 2.05) is 18.2 Å². The number of benzene rings is 1. The summed E-state index contributed by atoms with van der Waals surface area (Å²) in [6.45, 7) is 2.09. The SMILES string of the molecule is O=C(CCN1CC2CCC1C2)c1ccccc1Cl. The van der Waals surface area contributed by atoms with Gasteiger partial charge < -0.3 is 0 Å². The Labute approximate surface area is 113 Å². The van der Waals surface area contributed by atoms with Crippen LogP contribution < -0.4 is 0 Å². The number of carbonyl (C=O) groups excluding carboxylic acids is 1. The Morgan fingerprint density at radius 2 is 2.17 bits per heavy atom. The monoisotopic (exact) mass is 263 g/mol. The molecule has 96 valence electrons. The van der Waals surface area contributed by atoms with E-state index in [1.54, 1.807) is 6.07 Å². The van der Waals surface area contributed by atoms with Crippen molar-refractivity contribution in [2.75, 3.05) is 13.1 Å². The third-order valence-electron chi connectivity index (χ3n) is 4.32. The van der Waals surface area contributed by atoms with Crippen molar-refractivity contribution in [3.63, 3.8) is 0 Å². The molecule has 1 heterocycles. The van der Waals surface area contributed by atoms with Crippen LogP contribution in [0.5, 0.6) is 0 Å². The lowest BCUT2D eigenvalue weighted by atomic mass is 10.1. The number of carbonyl (C=O) groups is 1. The van der Waals surface area contributed by atoms with Gasteiger partial charge in [0.15, 0.2) is 5.78 Å². The van der Waals surface area contributed by atoms with E-state index in [0.29, 0.717) is 17.0 Å². The highest BCUT2D eigenvalue weighted by molar-refractivity contribution is 6.33. The Hall–Kier alpha value is -0.860. The van der Waals surface area contributed by atoms with Crippen LogP contribution in [0.2, 0.25) is 5.02 Å². The molecule has 1 saturated carbocycles. The first-order valence-corrected chi connectivity index (χ1v) is 7.13. The second kappa shape index (κ2) is 5.02. The van der Waals surface area contributed by atoms with Crippen LogP contribution in [-0.4, -0.2) is 29.8 Å². The number of nitrogens with zero attached hydrogens (tertiary/aromatic N) is 1. The quantitative estimate of drug-likeness (QED) is 0.776. The average molecular weight is 264 g/mol. The Morgan fingerprint density at radius 1 is 1.33 bits per heavy atom. The Kier molecular flexibility index (Phi) is 3.40. The standard InChI is InChI=1S/C15H18ClNO/c16-14-4-2-1-3-13(14)15(18)7-8-17-10-11-5-6-12(17)9-11/h1-4,11-12H,5-10H2. The van der Waals surface area contributed by atoms with Crippen molar-refractivity contribution in [1.29, 1.82) is 0 Å². The largest absolute Gasteiger partial charge is 0.300 e. The highest BCUT2D eigenvalue weighted by atomic mass is 35.5. The molecular weight excluding hydrogens is 246 g/mol. The fourth-order valence-corrected chi connectivity index (χ4v) is 3.61. The summed E-state index contributed by atoms with van der Waals surface area (Å²) in [6, 6.07) is 8.08. The van der Waals surface area contributed by atoms with Gasteiger partial charge in [0.05, 0.1) is 5.02 Å². The molecule has 3 heteroatoms. The molecule has 2 nitrogen and oxygen atoms in total. The molecule has 0 radical (unpaired) electrons. The maximum absolute atomic E-state index is 12.1. The van der Waals surface area contributed by atoms with Crippen LogP contribution in [0.4, 0.5) is 0 Å². The van der Waals surface area contributed by atoms with E-state index in [1.165, 1.54) is 25.8 Å². The second-order valence-electron chi connectivity index (χ2n) is 5.48. The molecule has 0 amide bonds. The highest BCUT2D eigenvalue weighted by Gasteiger charge is 2.37. The third kappa shape index (κ3) is 2.32. The van der Waals surface area contributed by atoms with Crippen LogP contribution in [0.15, 0.2) is 24.3 Å². The Morgan fingerprint density at radius 3 is 2.83 bits per heavy atom. The van der Waals surface area contributed by atoms with Gasteiger partial charge in [0.2, 0.25) is 0 Å². The third-order valence-corrected chi connectivity index (χ3v) is 4.65. The lowest BCUT2D eigenvalue weighted by Gasteiger charge is -2.26. The smallest absolute Gasteiger partial charge is 0.165 e. The molecule has 2 bridgehead atoms. The number of hydrogen-bond donors (Lipinski definition) is 0. The molecule has 2 unspecified atom stereocenters. The lowest BCUT2D eigenvalue weighted by Crippen LogP contribution is -2.33. The van der Waals surface area contributed by atoms with Gasteiger partial charge in [0.1, 0.15) is 0 Å². The van der Waals surface area contributed by atoms with Gasteiger partial charge in [-0.2, -0.15) is 0 Å². The zero-order chi connectivity index (χ0) is 12.5. The van der Waals surface area contributed by atoms with Crippen molar-refractivity contribution in [2.45, 2.75) is 31.7 Å². The number of halogens is 1. The fourth-order valence-electron chi connectivity index (χ4n) is 3.37. The molecule has 1 aliphatic heterocycles. The number of ketones is 1. The Bertz CT molecular complexity index is 460. The summed E-state index contributed by atoms with van der Waals surface area (Å²) in [5.74, 6) is 1.06. The summed E-state index contributed by atoms with van der Waals surface area (Å²) in [6.07, 6.45) is 4.65. The van der Waals surface area contributed by atoms with Crippen LogP contribution in [0.1, 0.15) is 36.0 Å². The van der Waals surface area contributed by atoms with E-state index in [2.05, 4.69) is 4.90 Å². The molecule has 18 heavy (non-hydrogen) atoms. The van der Waals surface area contributed by atoms with Gasteiger partial charge in [-0.1, -0.05) is 23.7 Å². The zero-order valence-electron chi connectivity index (χ0n) is 10.4. The number of Topliss-reactive ketones (excluding diaryl/α,β-unsaturated/α-hetero) is 1. The summed E-state index contributed by atoms with van der Waals surface area (Å²) < 4.78 is 0. The molecule has 0 N–H and O–H groups in total. The van der Waals surface area contributed by atoms with Crippen molar-refractivity contribution < 1.29 is 4.79 Å². The maximum Gasteiger partial charge on any atom is 0.165 e. The van der Waals surface area contributed by atoms with Crippen LogP contribution in [0.3, 0.4) is 0 Å². The minimum Gasteiger partial charge on any atom is -0.300 e. The summed E-state index contributed by atoms with van der Waals surface area (Å²) in [5.41, 5.74) is 0.670. The van der Waals surface area contributed by atoms with Crippen molar-refractivity contribution >= 4 is 17.4 Å². The molecule has 0 spiro atoms. The molecule has 2 aliphatic rings. The maximum atomic E-state index is 12.1. The first kappa shape index (κ1) is 12.2. The predicted octanol–water partition coefficient (Wildman–Crippen LogP) is 3.40. The first-order valence-electron chi connectivity index (χ1n) is 6.76. The minimum atomic E-state index is 0.170. The summed E-state index contributed by atoms with van der Waals surface area (Å²) >= 11 is 6.04. The normalized spacial score (nSPS) is 26.7. The van der Waals surface area contributed by atoms with Gasteiger partial charge >= 0.3 is 0 Å². The zero-order valence-corrected chi connectivity index (χ0v) is 11.2. The number of piperidine rings is 1. The highest BCUT2D eigenvalue weighted by Crippen LogP contribution is 2.37. The average Bonchev–Trinajstić information content (AvgIpc) is 2.98. The van der Waals surface area contributed by atoms with E-state index in [9.17, 15) is 4.79 Å². The molecular formula is C15H18ClNO. The minimum absolute atomic E-state index is 0.170. The fraction of sp³-hybridized carbons (Fsp3) is 0.533. The van der Waals surface area contributed by atoms with Crippen molar-refractivity contribution in [3.8, 4) is 0 Å². The van der Waals surface area contributed by atoms with E-state index in [0.717, 1.165) is 18.5 Å². The van der Waals surface area contributed by atoms with Gasteiger partial charge in [-0.25, -0.2) is 0 Å². The molecule has 3 rings (SSSR count). The van der Waals surface area contributed by atoms with Crippen LogP contribution in [0.25, 0.3) is 0 Å². The van der Waals surface area contributed by atoms with Gasteiger partial charge in [-0.05, 0) is 37.3 Å². The first-order chi connectivity index (χ1) is 8.74. The number of fused-ring (bicyclic) bond motifs is 2.